The number of amides is 1. The van der Waals surface area contributed by atoms with Crippen molar-refractivity contribution in [2.24, 2.45) is 17.8 Å². The van der Waals surface area contributed by atoms with Crippen LogP contribution < -0.4 is 5.32 Å². The van der Waals surface area contributed by atoms with Gasteiger partial charge >= 0.3 is 0 Å². The van der Waals surface area contributed by atoms with Crippen molar-refractivity contribution in [2.45, 2.75) is 51.5 Å². The lowest BCUT2D eigenvalue weighted by atomic mass is 9.87. The van der Waals surface area contributed by atoms with Crippen LogP contribution in [-0.4, -0.2) is 36.5 Å². The highest BCUT2D eigenvalue weighted by molar-refractivity contribution is 5.79. The standard InChI is InChI=1S/C15H26N2O/c1-2-17(10-13-4-3-7-16-13)15(18)14-9-11-5-6-12(14)8-11/h11-14,16H,2-10H2,1H3. The van der Waals surface area contributed by atoms with Crippen molar-refractivity contribution in [1.29, 1.82) is 0 Å². The molecule has 0 radical (unpaired) electrons. The highest BCUT2D eigenvalue weighted by Crippen LogP contribution is 2.48. The number of fused-ring (bicyclic) bond motifs is 2. The third kappa shape index (κ3) is 2.29. The molecule has 3 rings (SSSR count). The van der Waals surface area contributed by atoms with Crippen LogP contribution in [0.1, 0.15) is 45.4 Å². The zero-order valence-corrected chi connectivity index (χ0v) is 11.5. The molecule has 1 saturated heterocycles. The lowest BCUT2D eigenvalue weighted by molar-refractivity contribution is -0.137. The molecule has 3 fully saturated rings. The summed E-state index contributed by atoms with van der Waals surface area (Å²) in [7, 11) is 0. The van der Waals surface area contributed by atoms with Crippen LogP contribution in [0.15, 0.2) is 0 Å². The number of carbonyl (C=O) groups excluding carboxylic acids is 1. The first kappa shape index (κ1) is 12.5. The van der Waals surface area contributed by atoms with Crippen LogP contribution in [0.5, 0.6) is 0 Å². The van der Waals surface area contributed by atoms with Gasteiger partial charge in [-0.1, -0.05) is 6.42 Å². The molecule has 2 bridgehead atoms. The molecule has 3 aliphatic rings. The molecule has 4 atom stereocenters. The highest BCUT2D eigenvalue weighted by atomic mass is 16.2. The molecular weight excluding hydrogens is 224 g/mol. The van der Waals surface area contributed by atoms with Gasteiger partial charge in [-0.25, -0.2) is 0 Å². The molecule has 0 aromatic rings. The molecule has 2 aliphatic carbocycles. The number of nitrogens with zero attached hydrogens (tertiary/aromatic N) is 1. The van der Waals surface area contributed by atoms with Crippen molar-refractivity contribution in [3.05, 3.63) is 0 Å². The van der Waals surface area contributed by atoms with Crippen LogP contribution in [-0.2, 0) is 4.79 Å². The highest BCUT2D eigenvalue weighted by Gasteiger charge is 2.44. The fourth-order valence-electron chi connectivity index (χ4n) is 4.34. The maximum Gasteiger partial charge on any atom is 0.226 e. The van der Waals surface area contributed by atoms with Crippen molar-refractivity contribution in [2.75, 3.05) is 19.6 Å². The Labute approximate surface area is 110 Å². The number of carbonyl (C=O) groups is 1. The zero-order valence-electron chi connectivity index (χ0n) is 11.5. The van der Waals surface area contributed by atoms with E-state index in [1.54, 1.807) is 0 Å². The molecule has 18 heavy (non-hydrogen) atoms. The van der Waals surface area contributed by atoms with Crippen LogP contribution in [0.3, 0.4) is 0 Å². The van der Waals surface area contributed by atoms with Crippen LogP contribution in [0.25, 0.3) is 0 Å². The molecular formula is C15H26N2O. The summed E-state index contributed by atoms with van der Waals surface area (Å²) in [6.45, 7) is 5.07. The maximum atomic E-state index is 12.7. The molecule has 1 heterocycles. The minimum atomic E-state index is 0.366. The Hall–Kier alpha value is -0.570. The average Bonchev–Trinajstić information content (AvgIpc) is 3.11. The van der Waals surface area contributed by atoms with Gasteiger partial charge < -0.3 is 10.2 Å². The molecule has 0 aromatic carbocycles. The summed E-state index contributed by atoms with van der Waals surface area (Å²) in [6.07, 6.45) is 7.70. The summed E-state index contributed by atoms with van der Waals surface area (Å²) >= 11 is 0. The van der Waals surface area contributed by atoms with E-state index >= 15 is 0 Å². The molecule has 4 unspecified atom stereocenters. The molecule has 1 N–H and O–H groups in total. The Kier molecular flexibility index (Phi) is 3.60. The van der Waals surface area contributed by atoms with E-state index in [1.807, 2.05) is 0 Å². The van der Waals surface area contributed by atoms with Gasteiger partial charge in [0, 0.05) is 25.0 Å². The third-order valence-electron chi connectivity index (χ3n) is 5.35. The van der Waals surface area contributed by atoms with E-state index in [4.69, 9.17) is 0 Å². The molecule has 1 aliphatic heterocycles. The first-order valence-corrected chi connectivity index (χ1v) is 7.80. The minimum absolute atomic E-state index is 0.366. The van der Waals surface area contributed by atoms with Crippen molar-refractivity contribution >= 4 is 5.91 Å². The number of rotatable bonds is 4. The second-order valence-electron chi connectivity index (χ2n) is 6.45. The van der Waals surface area contributed by atoms with E-state index in [1.165, 1.54) is 38.5 Å². The van der Waals surface area contributed by atoms with Crippen molar-refractivity contribution in [3.8, 4) is 0 Å². The Morgan fingerprint density at radius 2 is 2.17 bits per heavy atom. The Morgan fingerprint density at radius 1 is 1.28 bits per heavy atom. The minimum Gasteiger partial charge on any atom is -0.341 e. The van der Waals surface area contributed by atoms with Gasteiger partial charge in [0.05, 0.1) is 0 Å². The molecule has 0 aromatic heterocycles. The topological polar surface area (TPSA) is 32.3 Å². The Morgan fingerprint density at radius 3 is 2.72 bits per heavy atom. The first-order chi connectivity index (χ1) is 8.78. The number of likely N-dealkylation sites (N-methyl/N-ethyl adjacent to an activating group) is 1. The van der Waals surface area contributed by atoms with Gasteiger partial charge in [0.15, 0.2) is 0 Å². The number of nitrogens with one attached hydrogen (secondary N) is 1. The molecule has 1 amide bonds. The predicted molar refractivity (Wildman–Crippen MR) is 72.2 cm³/mol. The molecule has 2 saturated carbocycles. The monoisotopic (exact) mass is 250 g/mol. The largest absolute Gasteiger partial charge is 0.341 e. The summed E-state index contributed by atoms with van der Waals surface area (Å²) in [5, 5.41) is 3.51. The summed E-state index contributed by atoms with van der Waals surface area (Å²) in [5.74, 6) is 2.41. The Balaban J connectivity index is 1.58. The van der Waals surface area contributed by atoms with Gasteiger partial charge in [0.1, 0.15) is 0 Å². The predicted octanol–water partition coefficient (Wildman–Crippen LogP) is 2.02. The average molecular weight is 250 g/mol. The zero-order chi connectivity index (χ0) is 12.5. The van der Waals surface area contributed by atoms with Crippen molar-refractivity contribution in [1.82, 2.24) is 10.2 Å². The van der Waals surface area contributed by atoms with Gasteiger partial charge in [0.2, 0.25) is 5.91 Å². The number of hydrogen-bond donors (Lipinski definition) is 1. The van der Waals surface area contributed by atoms with Gasteiger partial charge in [-0.3, -0.25) is 4.79 Å². The lowest BCUT2D eigenvalue weighted by Gasteiger charge is -2.30. The van der Waals surface area contributed by atoms with E-state index in [-0.39, 0.29) is 0 Å². The maximum absolute atomic E-state index is 12.7. The second kappa shape index (κ2) is 5.20. The van der Waals surface area contributed by atoms with Crippen LogP contribution in [0.4, 0.5) is 0 Å². The molecule has 102 valence electrons. The SMILES string of the molecule is CCN(CC1CCCN1)C(=O)C1CC2CCC1C2. The normalized spacial score (nSPS) is 38.3. The third-order valence-corrected chi connectivity index (χ3v) is 5.35. The van der Waals surface area contributed by atoms with E-state index in [0.717, 1.165) is 25.6 Å². The summed E-state index contributed by atoms with van der Waals surface area (Å²) in [5.41, 5.74) is 0. The van der Waals surface area contributed by atoms with Crippen LogP contribution >= 0.6 is 0 Å². The molecule has 3 heteroatoms. The fourth-order valence-corrected chi connectivity index (χ4v) is 4.34. The van der Waals surface area contributed by atoms with E-state index < -0.39 is 0 Å². The molecule has 3 nitrogen and oxygen atoms in total. The van der Waals surface area contributed by atoms with Gasteiger partial charge in [-0.05, 0) is 57.4 Å². The van der Waals surface area contributed by atoms with Gasteiger partial charge in [-0.15, -0.1) is 0 Å². The van der Waals surface area contributed by atoms with E-state index in [2.05, 4.69) is 17.1 Å². The van der Waals surface area contributed by atoms with Crippen LogP contribution in [0.2, 0.25) is 0 Å². The second-order valence-corrected chi connectivity index (χ2v) is 6.45. The lowest BCUT2D eigenvalue weighted by Crippen LogP contribution is -2.44. The molecule has 0 spiro atoms. The smallest absolute Gasteiger partial charge is 0.226 e. The Bertz CT molecular complexity index is 312. The van der Waals surface area contributed by atoms with E-state index in [9.17, 15) is 4.79 Å². The summed E-state index contributed by atoms with van der Waals surface area (Å²) in [6, 6.07) is 0.549. The number of hydrogen-bond acceptors (Lipinski definition) is 2. The summed E-state index contributed by atoms with van der Waals surface area (Å²) in [4.78, 5) is 14.8. The fraction of sp³-hybridized carbons (Fsp3) is 0.933. The summed E-state index contributed by atoms with van der Waals surface area (Å²) < 4.78 is 0. The van der Waals surface area contributed by atoms with E-state index in [0.29, 0.717) is 23.8 Å². The first-order valence-electron chi connectivity index (χ1n) is 7.80. The van der Waals surface area contributed by atoms with Crippen molar-refractivity contribution < 1.29 is 4.79 Å². The quantitative estimate of drug-likeness (QED) is 0.828. The van der Waals surface area contributed by atoms with Gasteiger partial charge in [-0.2, -0.15) is 0 Å². The van der Waals surface area contributed by atoms with Gasteiger partial charge in [0.25, 0.3) is 0 Å². The van der Waals surface area contributed by atoms with Crippen LogP contribution in [0, 0.1) is 17.8 Å². The van der Waals surface area contributed by atoms with Crippen molar-refractivity contribution in [3.63, 3.8) is 0 Å².